The molecule has 0 aliphatic heterocycles. The molecular weight excluding hydrogens is 552 g/mol. The lowest BCUT2D eigenvalue weighted by molar-refractivity contribution is -0.137. The number of alkyl halides is 3. The number of carbonyl (C=O) groups excluding carboxylic acids is 1. The van der Waals surface area contributed by atoms with Gasteiger partial charge in [-0.25, -0.2) is 4.39 Å². The maximum atomic E-state index is 14.4. The molecule has 0 atom stereocenters. The summed E-state index contributed by atoms with van der Waals surface area (Å²) < 4.78 is 91.0. The van der Waals surface area contributed by atoms with E-state index in [1.54, 1.807) is 12.1 Å². The molecule has 0 aliphatic carbocycles. The Morgan fingerprint density at radius 1 is 0.950 bits per heavy atom. The molecule has 216 valence electrons. The van der Waals surface area contributed by atoms with Gasteiger partial charge in [0.25, 0.3) is 5.91 Å². The molecule has 0 heterocycles. The van der Waals surface area contributed by atoms with Gasteiger partial charge in [-0.2, -0.15) is 21.6 Å². The highest BCUT2D eigenvalue weighted by atomic mass is 32.2. The first kappa shape index (κ1) is 30.9. The molecule has 0 unspecified atom stereocenters. The van der Waals surface area contributed by atoms with Crippen LogP contribution in [0.15, 0.2) is 71.6 Å². The second-order valence-electron chi connectivity index (χ2n) is 8.73. The molecule has 0 saturated carbocycles. The second kappa shape index (κ2) is 13.1. The van der Waals surface area contributed by atoms with Gasteiger partial charge >= 0.3 is 16.3 Å². The highest BCUT2D eigenvalue weighted by molar-refractivity contribution is 7.87. The van der Waals surface area contributed by atoms with Crippen molar-refractivity contribution in [3.05, 3.63) is 89.2 Å². The number of methoxy groups -OCH3 is 1. The fraction of sp³-hybridized carbons (Fsp3) is 0.321. The van der Waals surface area contributed by atoms with E-state index in [2.05, 4.69) is 0 Å². The van der Waals surface area contributed by atoms with Crippen LogP contribution in [0.1, 0.15) is 35.3 Å². The van der Waals surface area contributed by atoms with E-state index in [4.69, 9.17) is 8.92 Å². The van der Waals surface area contributed by atoms with E-state index in [1.165, 1.54) is 36.3 Å². The quantitative estimate of drug-likeness (QED) is 0.200. The van der Waals surface area contributed by atoms with Gasteiger partial charge in [-0.15, -0.1) is 0 Å². The molecule has 12 heteroatoms. The Bertz CT molecular complexity index is 1430. The first-order valence-corrected chi connectivity index (χ1v) is 13.8. The van der Waals surface area contributed by atoms with E-state index in [1.807, 2.05) is 18.7 Å². The summed E-state index contributed by atoms with van der Waals surface area (Å²) in [5.74, 6) is -1.56. The van der Waals surface area contributed by atoms with Gasteiger partial charge in [-0.05, 0) is 50.2 Å². The maximum absolute atomic E-state index is 14.4. The van der Waals surface area contributed by atoms with Crippen LogP contribution < -0.4 is 9.08 Å². The Morgan fingerprint density at radius 2 is 1.65 bits per heavy atom. The largest absolute Gasteiger partial charge is 0.416 e. The lowest BCUT2D eigenvalue weighted by Gasteiger charge is -2.26. The molecule has 0 N–H and O–H groups in total. The molecule has 0 spiro atoms. The minimum absolute atomic E-state index is 0.0429. The lowest BCUT2D eigenvalue weighted by Crippen LogP contribution is -2.34. The average molecular weight is 583 g/mol. The van der Waals surface area contributed by atoms with Crippen molar-refractivity contribution in [2.45, 2.75) is 31.5 Å². The first-order chi connectivity index (χ1) is 18.9. The zero-order chi connectivity index (χ0) is 29.5. The molecule has 3 aromatic rings. The molecule has 40 heavy (non-hydrogen) atoms. The molecule has 0 aliphatic rings. The predicted molar refractivity (Wildman–Crippen MR) is 142 cm³/mol. The van der Waals surface area contributed by atoms with Crippen molar-refractivity contribution in [3.63, 3.8) is 0 Å². The third kappa shape index (κ3) is 7.51. The zero-order valence-corrected chi connectivity index (χ0v) is 23.1. The van der Waals surface area contributed by atoms with Crippen molar-refractivity contribution in [2.75, 3.05) is 38.3 Å². The van der Waals surface area contributed by atoms with Gasteiger partial charge in [0.15, 0.2) is 0 Å². The number of hydrogen-bond acceptors (Lipinski definition) is 6. The van der Waals surface area contributed by atoms with Gasteiger partial charge in [0, 0.05) is 50.6 Å². The molecular formula is C28H30F4N2O5S. The molecule has 1 amide bonds. The summed E-state index contributed by atoms with van der Waals surface area (Å²) in [7, 11) is -3.28. The standard InChI is InChI=1S/C28H30F4N2O5S/c1-4-33(5-2)22-14-13-20(19-34(15-16-38-3)27(35)24-11-6-7-12-25(24)29)26(18-22)39-40(36,37)23-10-8-9-21(17-23)28(30,31)32/h6-14,17-18H,4-5,15-16,19H2,1-3H3. The minimum Gasteiger partial charge on any atom is -0.383 e. The van der Waals surface area contributed by atoms with Gasteiger partial charge in [0.1, 0.15) is 16.5 Å². The number of halogens is 4. The highest BCUT2D eigenvalue weighted by Crippen LogP contribution is 2.33. The Hall–Kier alpha value is -3.64. The summed E-state index contributed by atoms with van der Waals surface area (Å²) in [5, 5.41) is 0. The van der Waals surface area contributed by atoms with Crippen LogP contribution in [-0.2, 0) is 27.6 Å². The Morgan fingerprint density at radius 3 is 2.27 bits per heavy atom. The normalized spacial score (nSPS) is 11.8. The van der Waals surface area contributed by atoms with Crippen LogP contribution in [0.4, 0.5) is 23.2 Å². The third-order valence-corrected chi connectivity index (χ3v) is 7.38. The van der Waals surface area contributed by atoms with E-state index in [0.29, 0.717) is 24.8 Å². The van der Waals surface area contributed by atoms with Crippen LogP contribution in [0.5, 0.6) is 5.75 Å². The number of hydrogen-bond donors (Lipinski definition) is 0. The first-order valence-electron chi connectivity index (χ1n) is 12.4. The van der Waals surface area contributed by atoms with Crippen molar-refractivity contribution >= 4 is 21.7 Å². The van der Waals surface area contributed by atoms with Crippen LogP contribution in [0.3, 0.4) is 0 Å². The molecule has 0 fully saturated rings. The van der Waals surface area contributed by atoms with E-state index in [0.717, 1.165) is 24.3 Å². The van der Waals surface area contributed by atoms with E-state index >= 15 is 0 Å². The van der Waals surface area contributed by atoms with Gasteiger partial charge in [-0.1, -0.05) is 24.3 Å². The topological polar surface area (TPSA) is 76.2 Å². The zero-order valence-electron chi connectivity index (χ0n) is 22.2. The summed E-state index contributed by atoms with van der Waals surface area (Å²) in [6.45, 7) is 4.93. The predicted octanol–water partition coefficient (Wildman–Crippen LogP) is 5.75. The summed E-state index contributed by atoms with van der Waals surface area (Å²) in [6.07, 6.45) is -4.76. The SMILES string of the molecule is CCN(CC)c1ccc(CN(CCOC)C(=O)c2ccccc2F)c(OS(=O)(=O)c2cccc(C(F)(F)F)c2)c1. The molecule has 3 rings (SSSR count). The Labute approximate surface area is 231 Å². The number of anilines is 1. The summed E-state index contributed by atoms with van der Waals surface area (Å²) in [4.78, 5) is 15.8. The van der Waals surface area contributed by atoms with Crippen molar-refractivity contribution < 1.29 is 39.7 Å². The monoisotopic (exact) mass is 582 g/mol. The second-order valence-corrected chi connectivity index (χ2v) is 10.3. The smallest absolute Gasteiger partial charge is 0.383 e. The number of ether oxygens (including phenoxy) is 1. The van der Waals surface area contributed by atoms with Gasteiger partial charge in [-0.3, -0.25) is 4.79 Å². The number of amides is 1. The molecule has 0 saturated heterocycles. The summed E-state index contributed by atoms with van der Waals surface area (Å²) >= 11 is 0. The van der Waals surface area contributed by atoms with Crippen molar-refractivity contribution in [2.24, 2.45) is 0 Å². The molecule has 7 nitrogen and oxygen atoms in total. The molecule has 0 aromatic heterocycles. The maximum Gasteiger partial charge on any atom is 0.416 e. The molecule has 3 aromatic carbocycles. The highest BCUT2D eigenvalue weighted by Gasteiger charge is 2.32. The van der Waals surface area contributed by atoms with Crippen LogP contribution in [0.25, 0.3) is 0 Å². The van der Waals surface area contributed by atoms with Gasteiger partial charge < -0.3 is 18.7 Å². The minimum atomic E-state index is -4.76. The number of nitrogens with zero attached hydrogens (tertiary/aromatic N) is 2. The third-order valence-electron chi connectivity index (χ3n) is 6.15. The summed E-state index contributed by atoms with van der Waals surface area (Å²) in [6, 6.07) is 13.4. The number of carbonyl (C=O) groups is 1. The molecule has 0 bridgehead atoms. The van der Waals surface area contributed by atoms with Crippen LogP contribution in [0, 0.1) is 5.82 Å². The lowest BCUT2D eigenvalue weighted by atomic mass is 10.1. The Balaban J connectivity index is 2.06. The number of benzene rings is 3. The summed E-state index contributed by atoms with van der Waals surface area (Å²) in [5.41, 5.74) is -0.480. The van der Waals surface area contributed by atoms with E-state index < -0.39 is 38.5 Å². The number of rotatable bonds is 12. The Kier molecular flexibility index (Phi) is 10.2. The fourth-order valence-corrected chi connectivity index (χ4v) is 5.00. The van der Waals surface area contributed by atoms with E-state index in [9.17, 15) is 30.8 Å². The average Bonchev–Trinajstić information content (AvgIpc) is 2.92. The van der Waals surface area contributed by atoms with Gasteiger partial charge in [0.05, 0.1) is 17.7 Å². The van der Waals surface area contributed by atoms with Crippen LogP contribution >= 0.6 is 0 Å². The van der Waals surface area contributed by atoms with Gasteiger partial charge in [0.2, 0.25) is 0 Å². The fourth-order valence-electron chi connectivity index (χ4n) is 4.00. The van der Waals surface area contributed by atoms with Crippen molar-refractivity contribution in [1.82, 2.24) is 4.90 Å². The van der Waals surface area contributed by atoms with Crippen LogP contribution in [0.2, 0.25) is 0 Å². The van der Waals surface area contributed by atoms with Crippen LogP contribution in [-0.4, -0.2) is 52.6 Å². The van der Waals surface area contributed by atoms with Crippen molar-refractivity contribution in [3.8, 4) is 5.75 Å². The molecule has 0 radical (unpaired) electrons. The van der Waals surface area contributed by atoms with E-state index in [-0.39, 0.29) is 36.6 Å². The van der Waals surface area contributed by atoms with Crippen molar-refractivity contribution in [1.29, 1.82) is 0 Å².